The first-order valence-electron chi connectivity index (χ1n) is 8.92. The first-order chi connectivity index (χ1) is 13.5. The number of rotatable bonds is 8. The summed E-state index contributed by atoms with van der Waals surface area (Å²) in [7, 11) is 0. The Morgan fingerprint density at radius 3 is 2.18 bits per heavy atom. The van der Waals surface area contributed by atoms with Crippen LogP contribution < -0.4 is 5.76 Å². The number of carbonyl (C=O) groups is 1. The summed E-state index contributed by atoms with van der Waals surface area (Å²) in [5.74, 6) is -1.88. The van der Waals surface area contributed by atoms with E-state index >= 15 is 0 Å². The molecule has 0 aliphatic carbocycles. The molecule has 0 amide bonds. The zero-order valence-electron chi connectivity index (χ0n) is 15.2. The van der Waals surface area contributed by atoms with E-state index in [4.69, 9.17) is 4.42 Å². The van der Waals surface area contributed by atoms with Crippen LogP contribution in [0.3, 0.4) is 0 Å². The minimum atomic E-state index is -1.48. The second kappa shape index (κ2) is 8.54. The monoisotopic (exact) mass is 379 g/mol. The highest BCUT2D eigenvalue weighted by atomic mass is 16.4. The third-order valence-electron chi connectivity index (χ3n) is 4.49. The molecule has 0 radical (unpaired) electrons. The van der Waals surface area contributed by atoms with Crippen LogP contribution in [0.25, 0.3) is 22.6 Å². The molecule has 6 nitrogen and oxygen atoms in total. The molecule has 3 rings (SSSR count). The molecule has 2 aromatic carbocycles. The van der Waals surface area contributed by atoms with Crippen LogP contribution in [-0.2, 0) is 4.79 Å². The van der Waals surface area contributed by atoms with Crippen molar-refractivity contribution in [1.29, 1.82) is 0 Å². The average Bonchev–Trinajstić information content (AvgIpc) is 3.04. The number of carboxylic acids is 1. The Hall–Kier alpha value is -3.38. The third-order valence-corrected chi connectivity index (χ3v) is 4.49. The van der Waals surface area contributed by atoms with Gasteiger partial charge >= 0.3 is 11.7 Å². The molecule has 0 unspecified atom stereocenters. The summed E-state index contributed by atoms with van der Waals surface area (Å²) in [6.07, 6.45) is 0.890. The summed E-state index contributed by atoms with van der Waals surface area (Å²) in [6.45, 7) is 3.59. The number of allylic oxidation sites excluding steroid dienone is 1. The molecule has 0 aliphatic rings. The molecule has 0 saturated heterocycles. The first-order valence-corrected chi connectivity index (χ1v) is 8.92. The molecule has 2 atom stereocenters. The molecule has 0 fully saturated rings. The van der Waals surface area contributed by atoms with E-state index < -0.39 is 23.9 Å². The molecule has 0 saturated carbocycles. The van der Waals surface area contributed by atoms with Gasteiger partial charge in [0.2, 0.25) is 0 Å². The quantitative estimate of drug-likeness (QED) is 0.582. The Morgan fingerprint density at radius 2 is 1.64 bits per heavy atom. The molecular weight excluding hydrogens is 358 g/mol. The van der Waals surface area contributed by atoms with Gasteiger partial charge < -0.3 is 14.6 Å². The van der Waals surface area contributed by atoms with Crippen molar-refractivity contribution in [2.75, 3.05) is 0 Å². The van der Waals surface area contributed by atoms with E-state index in [0.29, 0.717) is 23.2 Å². The van der Waals surface area contributed by atoms with Gasteiger partial charge in [-0.25, -0.2) is 9.59 Å². The number of aromatic nitrogens is 1. The second-order valence-electron chi connectivity index (χ2n) is 6.36. The second-order valence-corrected chi connectivity index (χ2v) is 6.36. The van der Waals surface area contributed by atoms with Crippen LogP contribution in [0, 0.1) is 0 Å². The molecule has 1 heterocycles. The van der Waals surface area contributed by atoms with Crippen molar-refractivity contribution < 1.29 is 19.4 Å². The fourth-order valence-corrected chi connectivity index (χ4v) is 3.18. The maximum Gasteiger partial charge on any atom is 0.420 e. The lowest BCUT2D eigenvalue weighted by Gasteiger charge is -2.21. The zero-order valence-corrected chi connectivity index (χ0v) is 15.2. The van der Waals surface area contributed by atoms with E-state index in [1.165, 1.54) is 0 Å². The van der Waals surface area contributed by atoms with Crippen molar-refractivity contribution in [3.8, 4) is 22.6 Å². The molecule has 2 N–H and O–H groups in total. The van der Waals surface area contributed by atoms with Gasteiger partial charge in [-0.05, 0) is 12.8 Å². The normalized spacial score (nSPS) is 13.0. The Morgan fingerprint density at radius 1 is 1.07 bits per heavy atom. The third kappa shape index (κ3) is 3.82. The Balaban J connectivity index is 2.26. The van der Waals surface area contributed by atoms with Crippen molar-refractivity contribution >= 4 is 5.97 Å². The van der Waals surface area contributed by atoms with Gasteiger partial charge in [-0.15, -0.1) is 6.58 Å². The molecule has 0 spiro atoms. The van der Waals surface area contributed by atoms with Gasteiger partial charge in [-0.3, -0.25) is 4.57 Å². The lowest BCUT2D eigenvalue weighted by molar-refractivity contribution is -0.144. The predicted octanol–water partition coefficient (Wildman–Crippen LogP) is 3.73. The minimum absolute atomic E-state index is 0.160. The van der Waals surface area contributed by atoms with E-state index in [0.717, 1.165) is 4.57 Å². The number of aliphatic hydroxyl groups excluding tert-OH is 1. The van der Waals surface area contributed by atoms with Gasteiger partial charge in [0, 0.05) is 11.1 Å². The summed E-state index contributed by atoms with van der Waals surface area (Å²) in [4.78, 5) is 24.7. The highest BCUT2D eigenvalue weighted by Crippen LogP contribution is 2.34. The number of aliphatic hydroxyl groups is 1. The molecule has 0 bridgehead atoms. The molecule has 0 aliphatic heterocycles. The van der Waals surface area contributed by atoms with Crippen molar-refractivity contribution in [3.05, 3.63) is 83.9 Å². The fraction of sp³-hybridized carbons (Fsp3) is 0.182. The van der Waals surface area contributed by atoms with E-state index in [1.807, 2.05) is 12.1 Å². The van der Waals surface area contributed by atoms with Gasteiger partial charge in [0.15, 0.2) is 11.8 Å². The minimum Gasteiger partial charge on any atom is -0.480 e. The molecule has 28 heavy (non-hydrogen) atoms. The maximum absolute atomic E-state index is 12.7. The molecular formula is C22H21NO5. The van der Waals surface area contributed by atoms with Crippen LogP contribution in [0.15, 0.2) is 82.5 Å². The van der Waals surface area contributed by atoms with Crippen LogP contribution in [0.4, 0.5) is 0 Å². The highest BCUT2D eigenvalue weighted by Gasteiger charge is 2.34. The standard InChI is InChI=1S/C22H21NO5/c1-2-3-14-17(24)19(21(25)26)23-18(15-10-6-4-7-11-15)20(28-22(23)27)16-12-8-5-9-13-16/h2,4-13,17,19,24H,1,3,14H2,(H,25,26)/t17-,19-/m0/s1. The smallest absolute Gasteiger partial charge is 0.420 e. The zero-order chi connectivity index (χ0) is 20.1. The topological polar surface area (TPSA) is 92.7 Å². The van der Waals surface area contributed by atoms with Crippen LogP contribution in [0.1, 0.15) is 18.9 Å². The number of aliphatic carboxylic acids is 1. The predicted molar refractivity (Wildman–Crippen MR) is 106 cm³/mol. The Labute approximate surface area is 162 Å². The van der Waals surface area contributed by atoms with Gasteiger partial charge in [0.25, 0.3) is 0 Å². The molecule has 6 heteroatoms. The number of hydrogen-bond donors (Lipinski definition) is 2. The van der Waals surface area contributed by atoms with E-state index in [2.05, 4.69) is 6.58 Å². The van der Waals surface area contributed by atoms with Gasteiger partial charge in [0.05, 0.1) is 11.8 Å². The number of benzene rings is 2. The SMILES string of the molecule is C=CCC[C@H](O)[C@@H](C(=O)O)n1c(-c2ccccc2)c(-c2ccccc2)oc1=O. The van der Waals surface area contributed by atoms with E-state index in [-0.39, 0.29) is 12.2 Å². The van der Waals surface area contributed by atoms with Crippen molar-refractivity contribution in [1.82, 2.24) is 4.57 Å². The van der Waals surface area contributed by atoms with Crippen LogP contribution in [0.2, 0.25) is 0 Å². The number of oxazole rings is 1. The first kappa shape index (κ1) is 19.4. The van der Waals surface area contributed by atoms with Gasteiger partial charge in [0.1, 0.15) is 0 Å². The highest BCUT2D eigenvalue weighted by molar-refractivity contribution is 5.80. The van der Waals surface area contributed by atoms with Crippen LogP contribution >= 0.6 is 0 Å². The van der Waals surface area contributed by atoms with Gasteiger partial charge in [-0.2, -0.15) is 0 Å². The molecule has 3 aromatic rings. The summed E-state index contributed by atoms with van der Waals surface area (Å²) in [5, 5.41) is 20.3. The number of hydrogen-bond acceptors (Lipinski definition) is 4. The average molecular weight is 379 g/mol. The fourth-order valence-electron chi connectivity index (χ4n) is 3.18. The van der Waals surface area contributed by atoms with Crippen molar-refractivity contribution in [2.45, 2.75) is 25.0 Å². The van der Waals surface area contributed by atoms with E-state index in [9.17, 15) is 19.8 Å². The van der Waals surface area contributed by atoms with Gasteiger partial charge in [-0.1, -0.05) is 66.7 Å². The van der Waals surface area contributed by atoms with E-state index in [1.54, 1.807) is 54.6 Å². The summed E-state index contributed by atoms with van der Waals surface area (Å²) < 4.78 is 6.52. The summed E-state index contributed by atoms with van der Waals surface area (Å²) >= 11 is 0. The molecule has 144 valence electrons. The summed E-state index contributed by atoms with van der Waals surface area (Å²) in [6, 6.07) is 16.4. The van der Waals surface area contributed by atoms with Crippen molar-refractivity contribution in [2.24, 2.45) is 0 Å². The lowest BCUT2D eigenvalue weighted by Crippen LogP contribution is -2.36. The summed E-state index contributed by atoms with van der Waals surface area (Å²) in [5.41, 5.74) is 1.58. The maximum atomic E-state index is 12.7. The lowest BCUT2D eigenvalue weighted by atomic mass is 10.0. The van der Waals surface area contributed by atoms with Crippen LogP contribution in [-0.4, -0.2) is 26.9 Å². The Bertz CT molecular complexity index is 1000. The number of nitrogens with zero attached hydrogens (tertiary/aromatic N) is 1. The van der Waals surface area contributed by atoms with Crippen molar-refractivity contribution in [3.63, 3.8) is 0 Å². The Kier molecular flexibility index (Phi) is 5.91. The largest absolute Gasteiger partial charge is 0.480 e. The number of carboxylic acid groups (broad SMARTS) is 1. The molecule has 1 aromatic heterocycles. The van der Waals surface area contributed by atoms with Crippen LogP contribution in [0.5, 0.6) is 0 Å².